The highest BCUT2D eigenvalue weighted by Crippen LogP contribution is 2.27. The van der Waals surface area contributed by atoms with Crippen LogP contribution in [0.2, 0.25) is 0 Å². The highest BCUT2D eigenvalue weighted by molar-refractivity contribution is 6.00. The molecule has 0 saturated carbocycles. The van der Waals surface area contributed by atoms with Crippen LogP contribution in [0.15, 0.2) is 54.7 Å². The summed E-state index contributed by atoms with van der Waals surface area (Å²) in [6.45, 7) is 4.10. The van der Waals surface area contributed by atoms with Gasteiger partial charge < -0.3 is 10.6 Å². The molecule has 0 atom stereocenters. The number of hydrogen-bond acceptors (Lipinski definition) is 3. The highest BCUT2D eigenvalue weighted by Gasteiger charge is 2.27. The molecule has 1 fully saturated rings. The monoisotopic (exact) mass is 392 g/mol. The van der Waals surface area contributed by atoms with Crippen LogP contribution in [-0.2, 0) is 0 Å². The zero-order valence-corrected chi connectivity index (χ0v) is 16.5. The van der Waals surface area contributed by atoms with E-state index in [0.717, 1.165) is 24.0 Å². The minimum Gasteiger partial charge on any atom is -0.339 e. The number of benzene rings is 2. The number of hydrogen-bond donors (Lipinski definition) is 1. The molecule has 2 heterocycles. The van der Waals surface area contributed by atoms with Crippen LogP contribution in [0, 0.1) is 18.7 Å². The van der Waals surface area contributed by atoms with E-state index in [1.165, 1.54) is 12.1 Å². The van der Waals surface area contributed by atoms with Crippen LogP contribution in [0.5, 0.6) is 0 Å². The smallest absolute Gasteiger partial charge is 0.257 e. The summed E-state index contributed by atoms with van der Waals surface area (Å²) >= 11 is 0. The predicted molar refractivity (Wildman–Crippen MR) is 111 cm³/mol. The van der Waals surface area contributed by atoms with E-state index in [4.69, 9.17) is 5.73 Å². The first-order valence-electron chi connectivity index (χ1n) is 9.97. The number of aromatic nitrogens is 2. The van der Waals surface area contributed by atoms with Crippen molar-refractivity contribution in [3.05, 3.63) is 71.7 Å². The molecule has 1 aliphatic rings. The van der Waals surface area contributed by atoms with E-state index >= 15 is 0 Å². The standard InChI is InChI=1S/C23H25FN4O/c1-16-2-4-18(5-3-16)22-21(23(29)27-12-10-17(14-25)11-13-27)15-28(26-22)20-8-6-19(24)7-9-20/h2-9,15,17H,10-14,25H2,1H3. The minimum absolute atomic E-state index is 0.0237. The maximum atomic E-state index is 13.3. The van der Waals surface area contributed by atoms with Crippen LogP contribution in [0.4, 0.5) is 4.39 Å². The van der Waals surface area contributed by atoms with Crippen molar-refractivity contribution in [2.24, 2.45) is 11.7 Å². The first-order valence-corrected chi connectivity index (χ1v) is 9.97. The first kappa shape index (κ1) is 19.3. The molecular formula is C23H25FN4O. The average molecular weight is 392 g/mol. The number of nitrogens with zero attached hydrogens (tertiary/aromatic N) is 3. The summed E-state index contributed by atoms with van der Waals surface area (Å²) in [7, 11) is 0. The molecule has 5 nitrogen and oxygen atoms in total. The fourth-order valence-electron chi connectivity index (χ4n) is 3.72. The van der Waals surface area contributed by atoms with Gasteiger partial charge in [0.25, 0.3) is 5.91 Å². The third kappa shape index (κ3) is 4.07. The van der Waals surface area contributed by atoms with Gasteiger partial charge in [0.05, 0.1) is 11.3 Å². The molecule has 150 valence electrons. The lowest BCUT2D eigenvalue weighted by atomic mass is 9.96. The molecule has 0 unspecified atom stereocenters. The molecule has 29 heavy (non-hydrogen) atoms. The van der Waals surface area contributed by atoms with Crippen molar-refractivity contribution in [2.75, 3.05) is 19.6 Å². The van der Waals surface area contributed by atoms with Crippen molar-refractivity contribution in [2.45, 2.75) is 19.8 Å². The molecule has 0 bridgehead atoms. The number of rotatable bonds is 4. The Morgan fingerprint density at radius 2 is 1.76 bits per heavy atom. The van der Waals surface area contributed by atoms with Gasteiger partial charge in [-0.25, -0.2) is 9.07 Å². The minimum atomic E-state index is -0.307. The normalized spacial score (nSPS) is 14.9. The molecule has 1 aliphatic heterocycles. The summed E-state index contributed by atoms with van der Waals surface area (Å²) in [5, 5.41) is 4.68. The van der Waals surface area contributed by atoms with Crippen molar-refractivity contribution in [3.8, 4) is 16.9 Å². The van der Waals surface area contributed by atoms with E-state index in [9.17, 15) is 9.18 Å². The molecule has 2 N–H and O–H groups in total. The molecular weight excluding hydrogens is 367 g/mol. The summed E-state index contributed by atoms with van der Waals surface area (Å²) in [6, 6.07) is 14.1. The number of amides is 1. The van der Waals surface area contributed by atoms with Crippen molar-refractivity contribution < 1.29 is 9.18 Å². The number of carbonyl (C=O) groups excluding carboxylic acids is 1. The van der Waals surface area contributed by atoms with E-state index in [2.05, 4.69) is 5.10 Å². The average Bonchev–Trinajstić information content (AvgIpc) is 3.19. The summed E-state index contributed by atoms with van der Waals surface area (Å²) in [5.41, 5.74) is 9.72. The highest BCUT2D eigenvalue weighted by atomic mass is 19.1. The van der Waals surface area contributed by atoms with E-state index in [1.54, 1.807) is 23.0 Å². The maximum absolute atomic E-state index is 13.3. The lowest BCUT2D eigenvalue weighted by Crippen LogP contribution is -2.40. The fourth-order valence-corrected chi connectivity index (χ4v) is 3.72. The second-order valence-corrected chi connectivity index (χ2v) is 7.65. The van der Waals surface area contributed by atoms with Gasteiger partial charge in [0, 0.05) is 24.8 Å². The molecule has 3 aromatic rings. The zero-order valence-electron chi connectivity index (χ0n) is 16.5. The Labute approximate surface area is 169 Å². The van der Waals surface area contributed by atoms with Gasteiger partial charge in [0.15, 0.2) is 0 Å². The van der Waals surface area contributed by atoms with Crippen LogP contribution < -0.4 is 5.73 Å². The van der Waals surface area contributed by atoms with Crippen molar-refractivity contribution in [1.82, 2.24) is 14.7 Å². The molecule has 1 amide bonds. The summed E-state index contributed by atoms with van der Waals surface area (Å²) in [4.78, 5) is 15.2. The molecule has 2 aromatic carbocycles. The Morgan fingerprint density at radius 3 is 2.38 bits per heavy atom. The van der Waals surface area contributed by atoms with Crippen LogP contribution in [0.3, 0.4) is 0 Å². The second-order valence-electron chi connectivity index (χ2n) is 7.65. The van der Waals surface area contributed by atoms with Gasteiger partial charge in [-0.2, -0.15) is 5.10 Å². The summed E-state index contributed by atoms with van der Waals surface area (Å²) < 4.78 is 15.0. The molecule has 1 aromatic heterocycles. The van der Waals surface area contributed by atoms with Gasteiger partial charge in [-0.1, -0.05) is 29.8 Å². The number of carbonyl (C=O) groups is 1. The van der Waals surface area contributed by atoms with Crippen LogP contribution >= 0.6 is 0 Å². The molecule has 1 saturated heterocycles. The van der Waals surface area contributed by atoms with Crippen molar-refractivity contribution in [3.63, 3.8) is 0 Å². The van der Waals surface area contributed by atoms with E-state index in [-0.39, 0.29) is 11.7 Å². The predicted octanol–water partition coefficient (Wildman–Crippen LogP) is 3.80. The topological polar surface area (TPSA) is 64.2 Å². The van der Waals surface area contributed by atoms with E-state index in [0.29, 0.717) is 42.5 Å². The molecule has 4 rings (SSSR count). The zero-order chi connectivity index (χ0) is 20.4. The number of piperidine rings is 1. The number of halogens is 1. The van der Waals surface area contributed by atoms with Gasteiger partial charge in [0.2, 0.25) is 0 Å². The maximum Gasteiger partial charge on any atom is 0.257 e. The molecule has 0 spiro atoms. The Kier molecular flexibility index (Phi) is 5.45. The van der Waals surface area contributed by atoms with E-state index < -0.39 is 0 Å². The van der Waals surface area contributed by atoms with E-state index in [1.807, 2.05) is 36.1 Å². The SMILES string of the molecule is Cc1ccc(-c2nn(-c3ccc(F)cc3)cc2C(=O)N2CCC(CN)CC2)cc1. The third-order valence-corrected chi connectivity index (χ3v) is 5.60. The number of nitrogens with two attached hydrogens (primary N) is 1. The van der Waals surface area contributed by atoms with Crippen molar-refractivity contribution in [1.29, 1.82) is 0 Å². The number of aryl methyl sites for hydroxylation is 1. The summed E-state index contributed by atoms with van der Waals surface area (Å²) in [6.07, 6.45) is 3.60. The molecule has 0 aliphatic carbocycles. The fraction of sp³-hybridized carbons (Fsp3) is 0.304. The van der Waals surface area contributed by atoms with Gasteiger partial charge in [0.1, 0.15) is 11.5 Å². The Morgan fingerprint density at radius 1 is 1.10 bits per heavy atom. The first-order chi connectivity index (χ1) is 14.0. The third-order valence-electron chi connectivity index (χ3n) is 5.60. The lowest BCUT2D eigenvalue weighted by molar-refractivity contribution is 0.0694. The Balaban J connectivity index is 1.71. The van der Waals surface area contributed by atoms with Gasteiger partial charge >= 0.3 is 0 Å². The molecule has 0 radical (unpaired) electrons. The van der Waals surface area contributed by atoms with Crippen LogP contribution in [0.1, 0.15) is 28.8 Å². The molecule has 6 heteroatoms. The summed E-state index contributed by atoms with van der Waals surface area (Å²) in [5.74, 6) is 0.153. The van der Waals surface area contributed by atoms with Crippen molar-refractivity contribution >= 4 is 5.91 Å². The number of likely N-dealkylation sites (tertiary alicyclic amines) is 1. The lowest BCUT2D eigenvalue weighted by Gasteiger charge is -2.31. The van der Waals surface area contributed by atoms with Gasteiger partial charge in [-0.05, 0) is 56.5 Å². The van der Waals surface area contributed by atoms with Gasteiger partial charge in [-0.3, -0.25) is 4.79 Å². The van der Waals surface area contributed by atoms with Crippen LogP contribution in [-0.4, -0.2) is 40.2 Å². The van der Waals surface area contributed by atoms with Gasteiger partial charge in [-0.15, -0.1) is 0 Å². The largest absolute Gasteiger partial charge is 0.339 e. The Hall–Kier alpha value is -2.99. The quantitative estimate of drug-likeness (QED) is 0.735. The van der Waals surface area contributed by atoms with Crippen LogP contribution in [0.25, 0.3) is 16.9 Å². The second kappa shape index (κ2) is 8.17. The Bertz CT molecular complexity index is 987.